The Hall–Kier alpha value is -9.38. The summed E-state index contributed by atoms with van der Waals surface area (Å²) >= 11 is 0. The van der Waals surface area contributed by atoms with Crippen molar-refractivity contribution in [2.75, 3.05) is 0 Å². The zero-order valence-electron chi connectivity index (χ0n) is 38.0. The quantitative estimate of drug-likeness (QED) is 0.158. The maximum absolute atomic E-state index is 2.47. The molecule has 4 nitrogen and oxygen atoms in total. The molecule has 0 aliphatic carbocycles. The van der Waals surface area contributed by atoms with E-state index in [0.29, 0.717) is 0 Å². The third-order valence-corrected chi connectivity index (χ3v) is 14.7. The van der Waals surface area contributed by atoms with Gasteiger partial charge in [-0.1, -0.05) is 146 Å². The van der Waals surface area contributed by atoms with Gasteiger partial charge < -0.3 is 18.3 Å². The van der Waals surface area contributed by atoms with Crippen molar-refractivity contribution in [3.05, 3.63) is 255 Å². The Balaban J connectivity index is 0.981. The summed E-state index contributed by atoms with van der Waals surface area (Å²) in [6.45, 7) is 0. The number of hydrogen-bond acceptors (Lipinski definition) is 0. The van der Waals surface area contributed by atoms with Gasteiger partial charge >= 0.3 is 0 Å². The van der Waals surface area contributed by atoms with Crippen molar-refractivity contribution in [3.63, 3.8) is 0 Å². The third-order valence-electron chi connectivity index (χ3n) is 14.7. The maximum Gasteiger partial charge on any atom is 0.0562 e. The molecule has 4 heterocycles. The van der Waals surface area contributed by atoms with E-state index in [0.717, 1.165) is 22.7 Å². The summed E-state index contributed by atoms with van der Waals surface area (Å²) in [6, 6.07) is 93.5. The minimum atomic E-state index is 1.11. The first-order chi connectivity index (χ1) is 34.7. The first-order valence-corrected chi connectivity index (χ1v) is 24.1. The molecule has 0 saturated heterocycles. The lowest BCUT2D eigenvalue weighted by molar-refractivity contribution is 1.14. The molecule has 0 N–H and O–H groups in total. The van der Waals surface area contributed by atoms with E-state index in [1.807, 2.05) is 0 Å². The molecule has 15 aromatic rings. The van der Waals surface area contributed by atoms with E-state index in [1.165, 1.54) is 109 Å². The number of fused-ring (bicyclic) bond motifs is 12. The highest BCUT2D eigenvalue weighted by atomic mass is 15.0. The molecule has 0 spiro atoms. The van der Waals surface area contributed by atoms with Crippen LogP contribution in [0.5, 0.6) is 0 Å². The van der Waals surface area contributed by atoms with Gasteiger partial charge in [0, 0.05) is 65.8 Å². The summed E-state index contributed by atoms with van der Waals surface area (Å²) < 4.78 is 9.78. The van der Waals surface area contributed by atoms with E-state index in [-0.39, 0.29) is 0 Å². The molecule has 0 aliphatic heterocycles. The highest BCUT2D eigenvalue weighted by Gasteiger charge is 2.22. The predicted molar refractivity (Wildman–Crippen MR) is 295 cm³/mol. The second kappa shape index (κ2) is 15.1. The zero-order chi connectivity index (χ0) is 45.9. The molecule has 15 rings (SSSR count). The van der Waals surface area contributed by atoms with Crippen LogP contribution < -0.4 is 0 Å². The Bertz CT molecular complexity index is 4240. The van der Waals surface area contributed by atoms with Crippen molar-refractivity contribution < 1.29 is 0 Å². The smallest absolute Gasteiger partial charge is 0.0562 e. The predicted octanol–water partition coefficient (Wildman–Crippen LogP) is 17.4. The van der Waals surface area contributed by atoms with Gasteiger partial charge in [0.15, 0.2) is 0 Å². The summed E-state index contributed by atoms with van der Waals surface area (Å²) in [4.78, 5) is 0. The van der Waals surface area contributed by atoms with Crippen molar-refractivity contribution in [3.8, 4) is 45.0 Å². The standard InChI is InChI=1S/C66H42N4/c1-5-17-43(18-6-1)45-29-35-61-53(37-45)57-39-55-51-25-13-15-27-59(51)67(47-21-9-3-10-22-47)63(55)41-65(57)69(61)49-31-33-50(34-32-49)70-62-36-30-46(44-19-7-2-8-20-44)38-54(62)58-40-56-52-26-14-16-28-60(52)68(64(56)42-66(58)70)48-23-11-4-12-24-48/h1-42H. The highest BCUT2D eigenvalue weighted by molar-refractivity contribution is 6.21. The van der Waals surface area contributed by atoms with Crippen LogP contribution in [0.25, 0.3) is 132 Å². The fourth-order valence-corrected chi connectivity index (χ4v) is 11.6. The van der Waals surface area contributed by atoms with E-state index in [4.69, 9.17) is 0 Å². The second-order valence-electron chi connectivity index (χ2n) is 18.5. The van der Waals surface area contributed by atoms with Crippen LogP contribution in [0, 0.1) is 0 Å². The van der Waals surface area contributed by atoms with E-state index in [2.05, 4.69) is 273 Å². The molecule has 326 valence electrons. The molecule has 0 fully saturated rings. The summed E-state index contributed by atoms with van der Waals surface area (Å²) in [6.07, 6.45) is 0. The zero-order valence-corrected chi connectivity index (χ0v) is 38.0. The van der Waals surface area contributed by atoms with Gasteiger partial charge in [-0.15, -0.1) is 0 Å². The maximum atomic E-state index is 2.47. The summed E-state index contributed by atoms with van der Waals surface area (Å²) in [5.41, 5.74) is 18.8. The van der Waals surface area contributed by atoms with Gasteiger partial charge in [-0.3, -0.25) is 0 Å². The first kappa shape index (κ1) is 38.7. The number of aromatic nitrogens is 4. The van der Waals surface area contributed by atoms with Crippen LogP contribution in [0.2, 0.25) is 0 Å². The summed E-state index contributed by atoms with van der Waals surface area (Å²) in [5.74, 6) is 0. The van der Waals surface area contributed by atoms with Gasteiger partial charge in [0.25, 0.3) is 0 Å². The molecular weight excluding hydrogens is 849 g/mol. The lowest BCUT2D eigenvalue weighted by Crippen LogP contribution is -1.98. The Labute approximate surface area is 403 Å². The molecule has 0 radical (unpaired) electrons. The number of para-hydroxylation sites is 4. The molecule has 0 atom stereocenters. The van der Waals surface area contributed by atoms with E-state index < -0.39 is 0 Å². The molecule has 11 aromatic carbocycles. The molecule has 70 heavy (non-hydrogen) atoms. The fraction of sp³-hybridized carbons (Fsp3) is 0. The molecule has 0 aliphatic rings. The molecule has 0 unspecified atom stereocenters. The van der Waals surface area contributed by atoms with Gasteiger partial charge in [0.2, 0.25) is 0 Å². The monoisotopic (exact) mass is 890 g/mol. The highest BCUT2D eigenvalue weighted by Crippen LogP contribution is 2.43. The topological polar surface area (TPSA) is 19.7 Å². The molecule has 0 saturated carbocycles. The first-order valence-electron chi connectivity index (χ1n) is 24.1. The molecule has 0 bridgehead atoms. The molecule has 0 amide bonds. The van der Waals surface area contributed by atoms with Crippen LogP contribution in [0.15, 0.2) is 255 Å². The summed E-state index contributed by atoms with van der Waals surface area (Å²) in [5, 5.41) is 9.90. The minimum absolute atomic E-state index is 1.11. The third kappa shape index (κ3) is 5.71. The Morgan fingerprint density at radius 3 is 0.829 bits per heavy atom. The van der Waals surface area contributed by atoms with Gasteiger partial charge in [0.05, 0.1) is 44.1 Å². The number of hydrogen-bond donors (Lipinski definition) is 0. The molecule has 4 heteroatoms. The van der Waals surface area contributed by atoms with Gasteiger partial charge in [0.1, 0.15) is 0 Å². The van der Waals surface area contributed by atoms with Crippen LogP contribution in [-0.2, 0) is 0 Å². The van der Waals surface area contributed by atoms with Crippen LogP contribution in [0.4, 0.5) is 0 Å². The second-order valence-corrected chi connectivity index (χ2v) is 18.5. The van der Waals surface area contributed by atoms with Crippen molar-refractivity contribution >= 4 is 87.2 Å². The largest absolute Gasteiger partial charge is 0.309 e. The number of benzene rings is 11. The normalized spacial score (nSPS) is 12.0. The van der Waals surface area contributed by atoms with E-state index in [1.54, 1.807) is 0 Å². The van der Waals surface area contributed by atoms with Gasteiger partial charge in [-0.05, 0) is 131 Å². The van der Waals surface area contributed by atoms with Crippen molar-refractivity contribution in [2.45, 2.75) is 0 Å². The lowest BCUT2D eigenvalue weighted by Gasteiger charge is -2.13. The van der Waals surface area contributed by atoms with Crippen LogP contribution in [-0.4, -0.2) is 18.3 Å². The average molecular weight is 891 g/mol. The number of nitrogens with zero attached hydrogens (tertiary/aromatic N) is 4. The van der Waals surface area contributed by atoms with E-state index in [9.17, 15) is 0 Å². The lowest BCUT2D eigenvalue weighted by atomic mass is 10.0. The van der Waals surface area contributed by atoms with Crippen LogP contribution in [0.3, 0.4) is 0 Å². The van der Waals surface area contributed by atoms with E-state index >= 15 is 0 Å². The SMILES string of the molecule is c1ccc(-c2ccc3c(c2)c2cc4c5ccccc5n(-c5ccccc5)c4cc2n3-c2ccc(-n3c4ccc(-c5ccccc5)cc4c4cc5c6ccccc6n(-c6ccccc6)c5cc43)cc2)cc1. The van der Waals surface area contributed by atoms with Gasteiger partial charge in [-0.25, -0.2) is 0 Å². The Morgan fingerprint density at radius 2 is 0.443 bits per heavy atom. The van der Waals surface area contributed by atoms with Crippen molar-refractivity contribution in [2.24, 2.45) is 0 Å². The minimum Gasteiger partial charge on any atom is -0.309 e. The van der Waals surface area contributed by atoms with Crippen molar-refractivity contribution in [1.82, 2.24) is 18.3 Å². The average Bonchev–Trinajstić information content (AvgIpc) is 4.14. The number of rotatable bonds is 6. The van der Waals surface area contributed by atoms with Crippen LogP contribution >= 0.6 is 0 Å². The van der Waals surface area contributed by atoms with Crippen molar-refractivity contribution in [1.29, 1.82) is 0 Å². The molecular formula is C66H42N4. The van der Waals surface area contributed by atoms with Crippen LogP contribution in [0.1, 0.15) is 0 Å². The molecule has 4 aromatic heterocycles. The summed E-state index contributed by atoms with van der Waals surface area (Å²) in [7, 11) is 0. The van der Waals surface area contributed by atoms with Gasteiger partial charge in [-0.2, -0.15) is 0 Å². The Kier molecular flexibility index (Phi) is 8.33. The Morgan fingerprint density at radius 1 is 0.157 bits per heavy atom. The fourth-order valence-electron chi connectivity index (χ4n) is 11.6.